The Hall–Kier alpha value is -3.87. The molecule has 222 valence electrons. The van der Waals surface area contributed by atoms with E-state index in [1.165, 1.54) is 28.9 Å². The standard InChI is InChI=1S/C24H26N8O7S3/c1-12(33)31(38)7-8-39-29-17(14-11-42-24(25)27-14)20(34)28-18-21(35)32-19(23(36)37)13(10-41-22(18)32)9-40-16-4-2-3-15-26-5-6-30(15)16/h2-4,11,18,22,38H,5-10H2,1H3,(H4,25,27,28,34,36,37)/b29-17-/t18-,22-/m1/s1. The molecular formula is C24H26N8O7S3. The molecule has 5 heterocycles. The van der Waals surface area contributed by atoms with Gasteiger partial charge in [-0.3, -0.25) is 29.8 Å². The Morgan fingerprint density at radius 1 is 1.43 bits per heavy atom. The Bertz CT molecular complexity index is 1500. The molecule has 2 aromatic heterocycles. The van der Waals surface area contributed by atoms with Gasteiger partial charge in [0.2, 0.25) is 5.91 Å². The third-order valence-electron chi connectivity index (χ3n) is 6.51. The third-order valence-corrected chi connectivity index (χ3v) is 9.66. The summed E-state index contributed by atoms with van der Waals surface area (Å²) in [6, 6.07) is 4.83. The second-order valence-electron chi connectivity index (χ2n) is 9.20. The van der Waals surface area contributed by atoms with Gasteiger partial charge in [-0.25, -0.2) is 14.6 Å². The maximum absolute atomic E-state index is 13.2. The number of carbonyl (C=O) groups is 4. The smallest absolute Gasteiger partial charge is 0.276 e. The molecule has 1 fully saturated rings. The summed E-state index contributed by atoms with van der Waals surface area (Å²) in [5.41, 5.74) is 5.89. The molecule has 3 aliphatic heterocycles. The number of carboxylic acids is 1. The first-order valence-corrected chi connectivity index (χ1v) is 15.5. The zero-order chi connectivity index (χ0) is 30.0. The number of nitrogens with two attached hydrogens (primary N) is 1. The highest BCUT2D eigenvalue weighted by Gasteiger charge is 2.53. The van der Waals surface area contributed by atoms with Gasteiger partial charge in [-0.05, 0) is 17.7 Å². The minimum atomic E-state index is -1.46. The molecule has 0 bridgehead atoms. The van der Waals surface area contributed by atoms with E-state index in [1.807, 2.05) is 18.2 Å². The van der Waals surface area contributed by atoms with Gasteiger partial charge in [-0.1, -0.05) is 16.9 Å². The van der Waals surface area contributed by atoms with Crippen molar-refractivity contribution >= 4 is 75.2 Å². The lowest BCUT2D eigenvalue weighted by atomic mass is 10.0. The maximum Gasteiger partial charge on any atom is 0.276 e. The largest absolute Gasteiger partial charge is 0.543 e. The van der Waals surface area contributed by atoms with E-state index in [-0.39, 0.29) is 35.4 Å². The number of anilines is 2. The van der Waals surface area contributed by atoms with E-state index in [4.69, 9.17) is 10.6 Å². The van der Waals surface area contributed by atoms with E-state index >= 15 is 0 Å². The summed E-state index contributed by atoms with van der Waals surface area (Å²) in [7, 11) is 0. The highest BCUT2D eigenvalue weighted by Crippen LogP contribution is 2.41. The van der Waals surface area contributed by atoms with E-state index < -0.39 is 35.1 Å². The number of pyridine rings is 1. The fraction of sp³-hybridized carbons (Fsp3) is 0.375. The fourth-order valence-electron chi connectivity index (χ4n) is 4.48. The van der Waals surface area contributed by atoms with Gasteiger partial charge in [0.1, 0.15) is 36.8 Å². The van der Waals surface area contributed by atoms with Gasteiger partial charge in [-0.2, -0.15) is 0 Å². The molecule has 1 saturated heterocycles. The highest BCUT2D eigenvalue weighted by molar-refractivity contribution is 8.01. The molecule has 5 N–H and O–H groups in total. The number of rotatable bonds is 11. The number of hydroxylamine groups is 2. The Labute approximate surface area is 251 Å². The van der Waals surface area contributed by atoms with Crippen LogP contribution in [0.3, 0.4) is 0 Å². The highest BCUT2D eigenvalue weighted by atomic mass is 32.2. The quantitative estimate of drug-likeness (QED) is 0.0428. The molecule has 0 radical (unpaired) electrons. The average Bonchev–Trinajstić information content (AvgIpc) is 3.63. The molecule has 5 rings (SSSR count). The number of hydrogen-bond donors (Lipinski definition) is 4. The molecule has 2 aromatic rings. The molecule has 0 saturated carbocycles. The van der Waals surface area contributed by atoms with Crippen LogP contribution in [0, 0.1) is 0 Å². The molecule has 3 amide bonds. The van der Waals surface area contributed by atoms with Crippen molar-refractivity contribution in [3.05, 3.63) is 40.5 Å². The lowest BCUT2D eigenvalue weighted by Gasteiger charge is -2.50. The normalized spacial score (nSPS) is 19.4. The Kier molecular flexibility index (Phi) is 8.85. The first-order chi connectivity index (χ1) is 20.2. The summed E-state index contributed by atoms with van der Waals surface area (Å²) < 4.78 is 2.12. The Balaban J connectivity index is 1.28. The van der Waals surface area contributed by atoms with Crippen molar-refractivity contribution in [2.24, 2.45) is 5.16 Å². The van der Waals surface area contributed by atoms with Crippen molar-refractivity contribution in [1.82, 2.24) is 20.3 Å². The minimum absolute atomic E-state index is 0.0949. The van der Waals surface area contributed by atoms with Crippen LogP contribution in [0.25, 0.3) is 0 Å². The predicted octanol–water partition coefficient (Wildman–Crippen LogP) is -1.41. The molecule has 18 heteroatoms. The van der Waals surface area contributed by atoms with Crippen molar-refractivity contribution in [3.8, 4) is 0 Å². The van der Waals surface area contributed by atoms with E-state index in [2.05, 4.69) is 25.3 Å². The van der Waals surface area contributed by atoms with Gasteiger partial charge in [0, 0.05) is 29.9 Å². The van der Waals surface area contributed by atoms with Crippen LogP contribution in [0.1, 0.15) is 12.6 Å². The van der Waals surface area contributed by atoms with Crippen LogP contribution in [-0.2, 0) is 30.6 Å². The minimum Gasteiger partial charge on any atom is -0.543 e. The number of amides is 3. The number of thioether (sulfide) groups is 2. The summed E-state index contributed by atoms with van der Waals surface area (Å²) in [6.45, 7) is 2.34. The SMILES string of the molecule is CC(=O)N(O)CCO/N=C(\C(=O)N[C@@H]1C(=O)N2C(C(=O)[O-])=C(CSc3cccc4[n+]3CCN4)CS[C@H]12)c1csc(N)n1. The number of carboxylic acid groups (broad SMARTS) is 1. The lowest BCUT2D eigenvalue weighted by Crippen LogP contribution is -2.71. The van der Waals surface area contributed by atoms with Crippen LogP contribution in [-0.4, -0.2) is 92.2 Å². The number of carbonyl (C=O) groups excluding carboxylic acids is 4. The zero-order valence-corrected chi connectivity index (χ0v) is 24.6. The summed E-state index contributed by atoms with van der Waals surface area (Å²) in [5.74, 6) is -1.79. The number of aliphatic carboxylic acids is 1. The number of nitrogens with zero attached hydrogens (tertiary/aromatic N) is 5. The van der Waals surface area contributed by atoms with E-state index in [0.717, 1.165) is 47.1 Å². The lowest BCUT2D eigenvalue weighted by molar-refractivity contribution is -0.707. The second kappa shape index (κ2) is 12.6. The summed E-state index contributed by atoms with van der Waals surface area (Å²) in [4.78, 5) is 60.0. The van der Waals surface area contributed by atoms with Gasteiger partial charge in [0.05, 0.1) is 18.2 Å². The van der Waals surface area contributed by atoms with E-state index in [0.29, 0.717) is 22.1 Å². The maximum atomic E-state index is 13.2. The van der Waals surface area contributed by atoms with Gasteiger partial charge >= 0.3 is 0 Å². The number of hydrogen-bond acceptors (Lipinski definition) is 14. The fourth-order valence-corrected chi connectivity index (χ4v) is 7.58. The van der Waals surface area contributed by atoms with Crippen molar-refractivity contribution in [2.45, 2.75) is 29.9 Å². The van der Waals surface area contributed by atoms with Crippen LogP contribution in [0.2, 0.25) is 0 Å². The molecule has 3 aliphatic rings. The number of aromatic nitrogens is 2. The number of oxime groups is 1. The van der Waals surface area contributed by atoms with E-state index in [1.54, 1.807) is 0 Å². The van der Waals surface area contributed by atoms with Crippen molar-refractivity contribution < 1.29 is 38.9 Å². The topological polar surface area (TPSA) is 206 Å². The molecule has 0 aromatic carbocycles. The molecule has 2 atom stereocenters. The van der Waals surface area contributed by atoms with E-state index in [9.17, 15) is 29.5 Å². The van der Waals surface area contributed by atoms with Crippen molar-refractivity contribution in [3.63, 3.8) is 0 Å². The van der Waals surface area contributed by atoms with Gasteiger partial charge in [0.25, 0.3) is 17.6 Å². The van der Waals surface area contributed by atoms with Crippen LogP contribution in [0.4, 0.5) is 10.9 Å². The third kappa shape index (κ3) is 6.01. The zero-order valence-electron chi connectivity index (χ0n) is 22.1. The summed E-state index contributed by atoms with van der Waals surface area (Å²) in [5, 5.41) is 33.7. The number of nitrogens with one attached hydrogen (secondary N) is 2. The average molecular weight is 635 g/mol. The Morgan fingerprint density at radius 3 is 2.95 bits per heavy atom. The summed E-state index contributed by atoms with van der Waals surface area (Å²) >= 11 is 3.88. The molecular weight excluding hydrogens is 609 g/mol. The van der Waals surface area contributed by atoms with Crippen molar-refractivity contribution in [2.75, 3.05) is 42.3 Å². The van der Waals surface area contributed by atoms with Gasteiger partial charge < -0.3 is 25.8 Å². The van der Waals surface area contributed by atoms with Crippen LogP contribution in [0.15, 0.2) is 45.0 Å². The molecule has 0 aliphatic carbocycles. The molecule has 0 unspecified atom stereocenters. The first kappa shape index (κ1) is 29.6. The predicted molar refractivity (Wildman–Crippen MR) is 151 cm³/mol. The Morgan fingerprint density at radius 2 is 2.24 bits per heavy atom. The number of thiazole rings is 1. The molecule has 0 spiro atoms. The number of β-lactam (4-membered cyclic amide) rings is 1. The van der Waals surface area contributed by atoms with Gasteiger partial charge in [0.15, 0.2) is 15.9 Å². The monoisotopic (exact) mass is 634 g/mol. The molecule has 15 nitrogen and oxygen atoms in total. The van der Waals surface area contributed by atoms with Crippen LogP contribution < -0.4 is 26.0 Å². The molecule has 42 heavy (non-hydrogen) atoms. The number of fused-ring (bicyclic) bond motifs is 2. The first-order valence-electron chi connectivity index (χ1n) is 12.6. The van der Waals surface area contributed by atoms with Crippen LogP contribution in [0.5, 0.6) is 0 Å². The summed E-state index contributed by atoms with van der Waals surface area (Å²) in [6.07, 6.45) is 0. The second-order valence-corrected chi connectivity index (χ2v) is 12.2. The van der Waals surface area contributed by atoms with Gasteiger partial charge in [-0.15, -0.1) is 23.1 Å². The number of nitrogen functional groups attached to an aromatic ring is 1. The van der Waals surface area contributed by atoms with Crippen LogP contribution >= 0.6 is 34.9 Å². The van der Waals surface area contributed by atoms with Crippen molar-refractivity contribution in [1.29, 1.82) is 0 Å².